The summed E-state index contributed by atoms with van der Waals surface area (Å²) in [5.41, 5.74) is 2.89. The fraction of sp³-hybridized carbons (Fsp3) is 0.750. The number of allylic oxidation sites excluding steroid dienone is 3. The van der Waals surface area contributed by atoms with Crippen LogP contribution in [0.25, 0.3) is 0 Å². The second-order valence-corrected chi connectivity index (χ2v) is 6.15. The Morgan fingerprint density at radius 2 is 2.20 bits per heavy atom. The summed E-state index contributed by atoms with van der Waals surface area (Å²) in [6.07, 6.45) is 10.6. The molecule has 1 unspecified atom stereocenters. The molecule has 3 nitrogen and oxygen atoms in total. The molecule has 0 bridgehead atoms. The van der Waals surface area contributed by atoms with Crippen molar-refractivity contribution >= 4 is 22.9 Å². The van der Waals surface area contributed by atoms with Gasteiger partial charge in [0.15, 0.2) is 0 Å². The van der Waals surface area contributed by atoms with E-state index in [9.17, 15) is 0 Å². The molecule has 0 aromatic carbocycles. The molecule has 0 heterocycles. The van der Waals surface area contributed by atoms with E-state index >= 15 is 0 Å². The minimum absolute atomic E-state index is 0.574. The van der Waals surface area contributed by atoms with Gasteiger partial charge in [0.1, 0.15) is 0 Å². The highest BCUT2D eigenvalue weighted by Gasteiger charge is 2.05. The average molecular weight is 392 g/mol. The van der Waals surface area contributed by atoms with E-state index in [1.807, 2.05) is 0 Å². The molecular formula is C16H29IN2O. The van der Waals surface area contributed by atoms with E-state index < -0.39 is 0 Å². The van der Waals surface area contributed by atoms with Gasteiger partial charge in [0.25, 0.3) is 0 Å². The van der Waals surface area contributed by atoms with E-state index in [1.54, 1.807) is 0 Å². The van der Waals surface area contributed by atoms with E-state index in [-0.39, 0.29) is 0 Å². The maximum absolute atomic E-state index is 5.72. The summed E-state index contributed by atoms with van der Waals surface area (Å²) in [4.78, 5) is 0. The van der Waals surface area contributed by atoms with Gasteiger partial charge < -0.3 is 10.1 Å². The fourth-order valence-electron chi connectivity index (χ4n) is 2.16. The first kappa shape index (κ1) is 18.1. The summed E-state index contributed by atoms with van der Waals surface area (Å²) in [6, 6.07) is 0.574. The van der Waals surface area contributed by atoms with Gasteiger partial charge in [0.05, 0.1) is 13.2 Å². The molecule has 0 amide bonds. The number of nitrogens with one attached hydrogen (secondary N) is 2. The van der Waals surface area contributed by atoms with E-state index in [2.05, 4.69) is 57.7 Å². The van der Waals surface area contributed by atoms with Crippen LogP contribution in [0.2, 0.25) is 0 Å². The SMILES string of the molecule is CCCCC(CNCCOCC1=CCC(C)=CC1)NI. The van der Waals surface area contributed by atoms with Crippen molar-refractivity contribution in [3.63, 3.8) is 0 Å². The zero-order chi connectivity index (χ0) is 14.6. The molecule has 4 heteroatoms. The lowest BCUT2D eigenvalue weighted by atomic mass is 10.0. The van der Waals surface area contributed by atoms with Gasteiger partial charge in [0.2, 0.25) is 0 Å². The second-order valence-electron chi connectivity index (χ2n) is 5.53. The Balaban J connectivity index is 1.96. The molecule has 1 aliphatic carbocycles. The summed E-state index contributed by atoms with van der Waals surface area (Å²) in [5, 5.41) is 3.47. The minimum Gasteiger partial charge on any atom is -0.376 e. The Hall–Kier alpha value is 0.0900. The van der Waals surface area contributed by atoms with Crippen molar-refractivity contribution in [1.82, 2.24) is 8.85 Å². The molecule has 0 fully saturated rings. The van der Waals surface area contributed by atoms with Gasteiger partial charge in [-0.25, -0.2) is 0 Å². The van der Waals surface area contributed by atoms with Crippen LogP contribution in [-0.4, -0.2) is 32.3 Å². The van der Waals surface area contributed by atoms with Crippen molar-refractivity contribution in [2.45, 2.75) is 52.0 Å². The van der Waals surface area contributed by atoms with Crippen molar-refractivity contribution in [3.8, 4) is 0 Å². The van der Waals surface area contributed by atoms with Crippen LogP contribution in [0.5, 0.6) is 0 Å². The van der Waals surface area contributed by atoms with Crippen LogP contribution < -0.4 is 8.85 Å². The standard InChI is InChI=1S/C16H29IN2O/c1-3-4-5-16(19-17)12-18-10-11-20-13-15-8-6-14(2)7-9-15/h6,9,16,18-19H,3-5,7-8,10-13H2,1-2H3. The smallest absolute Gasteiger partial charge is 0.0680 e. The number of hydrogen-bond donors (Lipinski definition) is 2. The summed E-state index contributed by atoms with van der Waals surface area (Å²) in [7, 11) is 0. The quantitative estimate of drug-likeness (QED) is 0.243. The van der Waals surface area contributed by atoms with E-state index in [4.69, 9.17) is 4.74 Å². The fourth-order valence-corrected chi connectivity index (χ4v) is 2.70. The van der Waals surface area contributed by atoms with Gasteiger partial charge in [-0.2, -0.15) is 0 Å². The third kappa shape index (κ3) is 8.39. The first-order chi connectivity index (χ1) is 9.76. The molecule has 1 atom stereocenters. The normalized spacial score (nSPS) is 16.8. The van der Waals surface area contributed by atoms with Crippen molar-refractivity contribution in [2.24, 2.45) is 0 Å². The molecule has 1 aliphatic rings. The first-order valence-corrected chi connectivity index (χ1v) is 8.82. The van der Waals surface area contributed by atoms with Crippen LogP contribution in [-0.2, 0) is 4.74 Å². The summed E-state index contributed by atoms with van der Waals surface area (Å²) < 4.78 is 9.06. The maximum atomic E-state index is 5.72. The van der Waals surface area contributed by atoms with Crippen molar-refractivity contribution < 1.29 is 4.74 Å². The molecule has 0 aromatic rings. The van der Waals surface area contributed by atoms with E-state index in [0.717, 1.165) is 39.1 Å². The molecule has 0 saturated heterocycles. The molecule has 20 heavy (non-hydrogen) atoms. The third-order valence-corrected chi connectivity index (χ3v) is 4.47. The largest absolute Gasteiger partial charge is 0.376 e. The van der Waals surface area contributed by atoms with Crippen LogP contribution in [0, 0.1) is 0 Å². The molecule has 0 radical (unpaired) electrons. The van der Waals surface area contributed by atoms with Gasteiger partial charge in [-0.3, -0.25) is 3.53 Å². The van der Waals surface area contributed by atoms with Crippen LogP contribution in [0.3, 0.4) is 0 Å². The number of unbranched alkanes of at least 4 members (excludes halogenated alkanes) is 1. The Morgan fingerprint density at radius 3 is 2.85 bits per heavy atom. The molecule has 0 spiro atoms. The summed E-state index contributed by atoms with van der Waals surface area (Å²) in [5.74, 6) is 0. The first-order valence-electron chi connectivity index (χ1n) is 7.74. The third-order valence-electron chi connectivity index (χ3n) is 3.59. The van der Waals surface area contributed by atoms with Gasteiger partial charge in [-0.15, -0.1) is 0 Å². The monoisotopic (exact) mass is 392 g/mol. The Labute approximate surface area is 138 Å². The molecule has 116 valence electrons. The molecule has 0 saturated carbocycles. The van der Waals surface area contributed by atoms with Crippen LogP contribution >= 0.6 is 22.9 Å². The second kappa shape index (κ2) is 11.7. The van der Waals surface area contributed by atoms with E-state index in [0.29, 0.717) is 6.04 Å². The topological polar surface area (TPSA) is 33.3 Å². The highest BCUT2D eigenvalue weighted by molar-refractivity contribution is 14.1. The number of halogens is 1. The van der Waals surface area contributed by atoms with Crippen molar-refractivity contribution in [3.05, 3.63) is 23.3 Å². The molecule has 0 aliphatic heterocycles. The lowest BCUT2D eigenvalue weighted by Crippen LogP contribution is -2.35. The van der Waals surface area contributed by atoms with Gasteiger partial charge in [-0.05, 0) is 31.8 Å². The Bertz CT molecular complexity index is 316. The van der Waals surface area contributed by atoms with Gasteiger partial charge in [0, 0.05) is 42.0 Å². The van der Waals surface area contributed by atoms with Crippen molar-refractivity contribution in [2.75, 3.05) is 26.3 Å². The lowest BCUT2D eigenvalue weighted by Gasteiger charge is -2.16. The maximum Gasteiger partial charge on any atom is 0.0680 e. The lowest BCUT2D eigenvalue weighted by molar-refractivity contribution is 0.156. The van der Waals surface area contributed by atoms with E-state index in [1.165, 1.54) is 30.4 Å². The molecule has 2 N–H and O–H groups in total. The highest BCUT2D eigenvalue weighted by atomic mass is 127. The molecule has 1 rings (SSSR count). The number of rotatable bonds is 11. The summed E-state index contributed by atoms with van der Waals surface area (Å²) >= 11 is 2.25. The van der Waals surface area contributed by atoms with Crippen LogP contribution in [0.4, 0.5) is 0 Å². The zero-order valence-corrected chi connectivity index (χ0v) is 15.0. The van der Waals surface area contributed by atoms with Crippen molar-refractivity contribution in [1.29, 1.82) is 0 Å². The molecule has 0 aromatic heterocycles. The number of hydrogen-bond acceptors (Lipinski definition) is 3. The predicted octanol–water partition coefficient (Wildman–Crippen LogP) is 3.76. The van der Waals surface area contributed by atoms with Gasteiger partial charge >= 0.3 is 0 Å². The summed E-state index contributed by atoms with van der Waals surface area (Å²) in [6.45, 7) is 7.97. The average Bonchev–Trinajstić information content (AvgIpc) is 2.47. The Morgan fingerprint density at radius 1 is 1.35 bits per heavy atom. The minimum atomic E-state index is 0.574. The highest BCUT2D eigenvalue weighted by Crippen LogP contribution is 2.16. The molecular weight excluding hydrogens is 363 g/mol. The number of ether oxygens (including phenoxy) is 1. The predicted molar refractivity (Wildman–Crippen MR) is 95.2 cm³/mol. The zero-order valence-electron chi connectivity index (χ0n) is 12.9. The Kier molecular flexibility index (Phi) is 10.6. The van der Waals surface area contributed by atoms with Crippen LogP contribution in [0.15, 0.2) is 23.3 Å². The van der Waals surface area contributed by atoms with Gasteiger partial charge in [-0.1, -0.05) is 37.5 Å². The van der Waals surface area contributed by atoms with Crippen LogP contribution in [0.1, 0.15) is 46.0 Å².